The van der Waals surface area contributed by atoms with Crippen LogP contribution in [0.2, 0.25) is 0 Å². The number of para-hydroxylation sites is 1. The summed E-state index contributed by atoms with van der Waals surface area (Å²) in [7, 11) is 0. The van der Waals surface area contributed by atoms with Crippen LogP contribution < -0.4 is 10.1 Å². The number of carbonyl (C=O) groups is 2. The van der Waals surface area contributed by atoms with Gasteiger partial charge in [-0.05, 0) is 49.4 Å². The summed E-state index contributed by atoms with van der Waals surface area (Å²) in [6.45, 7) is 0.222. The molecule has 0 saturated heterocycles. The van der Waals surface area contributed by atoms with Crippen molar-refractivity contribution in [3.63, 3.8) is 0 Å². The lowest BCUT2D eigenvalue weighted by Gasteiger charge is -2.37. The maximum absolute atomic E-state index is 13.0. The van der Waals surface area contributed by atoms with E-state index in [0.717, 1.165) is 48.2 Å². The van der Waals surface area contributed by atoms with E-state index in [2.05, 4.69) is 5.32 Å². The fourth-order valence-electron chi connectivity index (χ4n) is 5.02. The number of hydrogen-bond acceptors (Lipinski definition) is 6. The number of allylic oxidation sites excluding steroid dienone is 4. The van der Waals surface area contributed by atoms with Crippen LogP contribution in [0, 0.1) is 10.1 Å². The van der Waals surface area contributed by atoms with Crippen molar-refractivity contribution in [1.29, 1.82) is 0 Å². The summed E-state index contributed by atoms with van der Waals surface area (Å²) >= 11 is 0. The molecule has 1 heterocycles. The summed E-state index contributed by atoms with van der Waals surface area (Å²) in [5.41, 5.74) is 4.90. The van der Waals surface area contributed by atoms with E-state index in [4.69, 9.17) is 4.74 Å². The number of non-ortho nitro benzene ring substituents is 1. The van der Waals surface area contributed by atoms with Crippen molar-refractivity contribution in [3.8, 4) is 5.75 Å². The highest BCUT2D eigenvalue weighted by Crippen LogP contribution is 2.47. The minimum atomic E-state index is -0.434. The lowest BCUT2D eigenvalue weighted by molar-refractivity contribution is -0.384. The Labute approximate surface area is 191 Å². The highest BCUT2D eigenvalue weighted by atomic mass is 16.6. The molecule has 1 aliphatic heterocycles. The zero-order valence-electron chi connectivity index (χ0n) is 18.1. The molecule has 2 aliphatic carbocycles. The number of nitro benzene ring substituents is 1. The van der Waals surface area contributed by atoms with Gasteiger partial charge in [0.15, 0.2) is 11.6 Å². The number of nitrogens with one attached hydrogen (secondary N) is 1. The Kier molecular flexibility index (Phi) is 5.54. The van der Waals surface area contributed by atoms with Gasteiger partial charge in [0.1, 0.15) is 12.4 Å². The Bertz CT molecular complexity index is 1170. The highest BCUT2D eigenvalue weighted by Gasteiger charge is 2.41. The average molecular weight is 444 g/mol. The van der Waals surface area contributed by atoms with E-state index in [1.54, 1.807) is 12.1 Å². The van der Waals surface area contributed by atoms with Gasteiger partial charge in [0.05, 0.1) is 4.92 Å². The lowest BCUT2D eigenvalue weighted by Crippen LogP contribution is -2.36. The van der Waals surface area contributed by atoms with E-state index in [1.807, 2.05) is 24.3 Å². The van der Waals surface area contributed by atoms with Gasteiger partial charge in [-0.15, -0.1) is 0 Å². The van der Waals surface area contributed by atoms with Crippen molar-refractivity contribution in [1.82, 2.24) is 5.32 Å². The Hall–Kier alpha value is -3.74. The van der Waals surface area contributed by atoms with Gasteiger partial charge < -0.3 is 10.1 Å². The summed E-state index contributed by atoms with van der Waals surface area (Å²) < 4.78 is 6.15. The zero-order valence-corrected chi connectivity index (χ0v) is 18.1. The molecule has 0 bridgehead atoms. The molecule has 33 heavy (non-hydrogen) atoms. The van der Waals surface area contributed by atoms with E-state index in [9.17, 15) is 19.7 Å². The topological polar surface area (TPSA) is 98.5 Å². The second-order valence-electron chi connectivity index (χ2n) is 8.65. The van der Waals surface area contributed by atoms with E-state index in [0.29, 0.717) is 29.7 Å². The van der Waals surface area contributed by atoms with E-state index in [-0.39, 0.29) is 23.9 Å². The van der Waals surface area contributed by atoms with Crippen LogP contribution in [0.3, 0.4) is 0 Å². The number of carbonyl (C=O) groups excluding carboxylic acids is 2. The van der Waals surface area contributed by atoms with E-state index in [1.165, 1.54) is 12.1 Å². The Balaban J connectivity index is 1.52. The lowest BCUT2D eigenvalue weighted by atomic mass is 9.71. The van der Waals surface area contributed by atoms with Crippen molar-refractivity contribution in [2.24, 2.45) is 0 Å². The largest absolute Gasteiger partial charge is 0.489 e. The van der Waals surface area contributed by atoms with Crippen LogP contribution in [0.1, 0.15) is 55.6 Å². The average Bonchev–Trinajstić information content (AvgIpc) is 2.82. The van der Waals surface area contributed by atoms with Gasteiger partial charge in [-0.2, -0.15) is 0 Å². The number of Topliss-reactive ketones (excluding diaryl/α,β-unsaturated/α-hetero) is 2. The quantitative estimate of drug-likeness (QED) is 0.522. The number of hydrogen-bond donors (Lipinski definition) is 1. The van der Waals surface area contributed by atoms with Crippen molar-refractivity contribution in [2.75, 3.05) is 0 Å². The molecule has 0 atom stereocenters. The molecule has 0 spiro atoms. The SMILES string of the molecule is O=C1CCCC2=C1C(c1ccccc1OCc1ccc([N+](=O)[O-])cc1)C1=C(CCCC1=O)N2. The van der Waals surface area contributed by atoms with Crippen LogP contribution in [0.15, 0.2) is 71.1 Å². The standard InChI is InChI=1S/C26H24N2O5/c29-21-8-3-6-19-25(21)24(26-20(27-19)7-4-9-22(26)30)18-5-1-2-10-23(18)33-15-16-11-13-17(14-12-16)28(31)32/h1-2,5,10-14,24,27H,3-4,6-9,15H2. The van der Waals surface area contributed by atoms with Crippen molar-refractivity contribution < 1.29 is 19.2 Å². The molecule has 0 fully saturated rings. The van der Waals surface area contributed by atoms with E-state index < -0.39 is 10.8 Å². The molecule has 0 saturated carbocycles. The molecule has 0 aromatic heterocycles. The molecular formula is C26H24N2O5. The van der Waals surface area contributed by atoms with Gasteiger partial charge in [0.25, 0.3) is 5.69 Å². The molecule has 7 heteroatoms. The first-order valence-electron chi connectivity index (χ1n) is 11.3. The molecule has 3 aliphatic rings. The molecule has 1 N–H and O–H groups in total. The van der Waals surface area contributed by atoms with Gasteiger partial charge in [-0.1, -0.05) is 18.2 Å². The summed E-state index contributed by atoms with van der Waals surface area (Å²) in [5.74, 6) is 0.357. The summed E-state index contributed by atoms with van der Waals surface area (Å²) in [6, 6.07) is 13.8. The predicted molar refractivity (Wildman–Crippen MR) is 122 cm³/mol. The Morgan fingerprint density at radius 2 is 1.48 bits per heavy atom. The van der Waals surface area contributed by atoms with Gasteiger partial charge >= 0.3 is 0 Å². The number of ether oxygens (including phenoxy) is 1. The first-order chi connectivity index (χ1) is 16.0. The number of rotatable bonds is 5. The zero-order chi connectivity index (χ0) is 22.9. The van der Waals surface area contributed by atoms with Crippen LogP contribution in [-0.4, -0.2) is 16.5 Å². The van der Waals surface area contributed by atoms with Crippen LogP contribution in [0.25, 0.3) is 0 Å². The third-order valence-electron chi connectivity index (χ3n) is 6.56. The molecular weight excluding hydrogens is 420 g/mol. The van der Waals surface area contributed by atoms with Gasteiger partial charge in [0, 0.05) is 59.0 Å². The number of dihydropyridines is 1. The Morgan fingerprint density at radius 1 is 0.879 bits per heavy atom. The van der Waals surface area contributed by atoms with Gasteiger partial charge in [0.2, 0.25) is 0 Å². The highest BCUT2D eigenvalue weighted by molar-refractivity contribution is 6.06. The normalized spacial score (nSPS) is 18.5. The predicted octanol–water partition coefficient (Wildman–Crippen LogP) is 4.87. The number of benzene rings is 2. The number of nitrogens with zero attached hydrogens (tertiary/aromatic N) is 1. The molecule has 2 aromatic rings. The maximum Gasteiger partial charge on any atom is 0.269 e. The first kappa shape index (κ1) is 21.1. The minimum Gasteiger partial charge on any atom is -0.489 e. The number of ketones is 2. The van der Waals surface area contributed by atoms with E-state index >= 15 is 0 Å². The summed E-state index contributed by atoms with van der Waals surface area (Å²) in [4.78, 5) is 36.6. The van der Waals surface area contributed by atoms with Gasteiger partial charge in [-0.25, -0.2) is 0 Å². The fraction of sp³-hybridized carbons (Fsp3) is 0.308. The molecule has 0 radical (unpaired) electrons. The number of nitro groups is 1. The maximum atomic E-state index is 13.0. The molecule has 7 nitrogen and oxygen atoms in total. The third kappa shape index (κ3) is 3.95. The molecule has 168 valence electrons. The second kappa shape index (κ2) is 8.65. The molecule has 0 amide bonds. The van der Waals surface area contributed by atoms with Crippen LogP contribution in [0.4, 0.5) is 5.69 Å². The Morgan fingerprint density at radius 3 is 2.09 bits per heavy atom. The molecule has 2 aromatic carbocycles. The summed E-state index contributed by atoms with van der Waals surface area (Å²) in [5, 5.41) is 14.3. The smallest absolute Gasteiger partial charge is 0.269 e. The monoisotopic (exact) mass is 444 g/mol. The van der Waals surface area contributed by atoms with Crippen LogP contribution in [-0.2, 0) is 16.2 Å². The second-order valence-corrected chi connectivity index (χ2v) is 8.65. The molecule has 0 unspecified atom stereocenters. The van der Waals surface area contributed by atoms with Crippen molar-refractivity contribution in [3.05, 3.63) is 92.3 Å². The van der Waals surface area contributed by atoms with Gasteiger partial charge in [-0.3, -0.25) is 19.7 Å². The van der Waals surface area contributed by atoms with Crippen LogP contribution in [0.5, 0.6) is 5.75 Å². The molecule has 5 rings (SSSR count). The first-order valence-corrected chi connectivity index (χ1v) is 11.3. The van der Waals surface area contributed by atoms with Crippen molar-refractivity contribution in [2.45, 2.75) is 51.0 Å². The fourth-order valence-corrected chi connectivity index (χ4v) is 5.02. The van der Waals surface area contributed by atoms with Crippen LogP contribution >= 0.6 is 0 Å². The van der Waals surface area contributed by atoms with Crippen molar-refractivity contribution >= 4 is 17.3 Å². The minimum absolute atomic E-state index is 0.0272. The third-order valence-corrected chi connectivity index (χ3v) is 6.56. The summed E-state index contributed by atoms with van der Waals surface area (Å²) in [6.07, 6.45) is 4.19.